The van der Waals surface area contributed by atoms with Gasteiger partial charge in [0.1, 0.15) is 5.75 Å². The predicted octanol–water partition coefficient (Wildman–Crippen LogP) is 4.00. The number of phenols is 1. The lowest BCUT2D eigenvalue weighted by atomic mass is 9.53. The second-order valence-electron chi connectivity index (χ2n) is 8.07. The van der Waals surface area contributed by atoms with Crippen LogP contribution in [0.2, 0.25) is 0 Å². The van der Waals surface area contributed by atoms with Gasteiger partial charge >= 0.3 is 0 Å². The Bertz CT molecular complexity index is 577. The molecule has 0 unspecified atom stereocenters. The molecule has 0 saturated heterocycles. The summed E-state index contributed by atoms with van der Waals surface area (Å²) in [4.78, 5) is 0. The van der Waals surface area contributed by atoms with Gasteiger partial charge in [0.25, 0.3) is 0 Å². The smallest absolute Gasteiger partial charge is 0.115 e. The lowest BCUT2D eigenvalue weighted by Gasteiger charge is -2.52. The standard InChI is InChI=1S/C19H26O2/c1-18-9-7-15-14-6-4-13(20)11-12(14)3-5-16(15)17(18)8-10-19(18,2)21/h4,6,11,15-17,20-21H,3,5,7-10H2,1-2H3/t15-,16-,17-,18+,19+/m1/s1. The molecule has 3 aliphatic rings. The molecular formula is C19H26O2. The van der Waals surface area contributed by atoms with Crippen LogP contribution in [0.4, 0.5) is 0 Å². The monoisotopic (exact) mass is 286 g/mol. The van der Waals surface area contributed by atoms with Gasteiger partial charge < -0.3 is 10.2 Å². The van der Waals surface area contributed by atoms with E-state index in [1.807, 2.05) is 12.1 Å². The van der Waals surface area contributed by atoms with Gasteiger partial charge in [-0.3, -0.25) is 0 Å². The molecule has 0 heterocycles. The highest BCUT2D eigenvalue weighted by Crippen LogP contribution is 2.64. The number of aliphatic hydroxyl groups is 1. The van der Waals surface area contributed by atoms with E-state index in [1.54, 1.807) is 0 Å². The highest BCUT2D eigenvalue weighted by atomic mass is 16.3. The maximum Gasteiger partial charge on any atom is 0.115 e. The summed E-state index contributed by atoms with van der Waals surface area (Å²) in [5.74, 6) is 2.42. The topological polar surface area (TPSA) is 40.5 Å². The van der Waals surface area contributed by atoms with Crippen molar-refractivity contribution in [2.75, 3.05) is 0 Å². The Morgan fingerprint density at radius 2 is 1.90 bits per heavy atom. The van der Waals surface area contributed by atoms with E-state index in [2.05, 4.69) is 19.9 Å². The molecule has 0 radical (unpaired) electrons. The zero-order valence-corrected chi connectivity index (χ0v) is 13.1. The van der Waals surface area contributed by atoms with E-state index in [-0.39, 0.29) is 5.41 Å². The highest BCUT2D eigenvalue weighted by molar-refractivity contribution is 5.40. The fourth-order valence-corrected chi connectivity index (χ4v) is 5.81. The first-order valence-corrected chi connectivity index (χ1v) is 8.46. The van der Waals surface area contributed by atoms with E-state index in [1.165, 1.54) is 30.4 Å². The third kappa shape index (κ3) is 1.75. The van der Waals surface area contributed by atoms with Crippen molar-refractivity contribution in [3.05, 3.63) is 29.3 Å². The lowest BCUT2D eigenvalue weighted by molar-refractivity contribution is -0.0901. The van der Waals surface area contributed by atoms with Crippen molar-refractivity contribution in [2.24, 2.45) is 17.3 Å². The van der Waals surface area contributed by atoms with Crippen molar-refractivity contribution in [3.63, 3.8) is 0 Å². The summed E-state index contributed by atoms with van der Waals surface area (Å²) in [6.07, 6.45) is 6.76. The van der Waals surface area contributed by atoms with E-state index < -0.39 is 5.60 Å². The van der Waals surface area contributed by atoms with Gasteiger partial charge in [0, 0.05) is 0 Å². The first-order chi connectivity index (χ1) is 9.92. The van der Waals surface area contributed by atoms with Crippen molar-refractivity contribution in [2.45, 2.75) is 63.9 Å². The predicted molar refractivity (Wildman–Crippen MR) is 83.3 cm³/mol. The van der Waals surface area contributed by atoms with Gasteiger partial charge in [0.15, 0.2) is 0 Å². The first kappa shape index (κ1) is 13.6. The van der Waals surface area contributed by atoms with Crippen molar-refractivity contribution < 1.29 is 10.2 Å². The number of aryl methyl sites for hydroxylation is 1. The summed E-state index contributed by atoms with van der Waals surface area (Å²) in [5, 5.41) is 20.5. The van der Waals surface area contributed by atoms with Gasteiger partial charge in [-0.2, -0.15) is 0 Å². The van der Waals surface area contributed by atoms with Gasteiger partial charge in [0.2, 0.25) is 0 Å². The van der Waals surface area contributed by atoms with Crippen LogP contribution in [-0.4, -0.2) is 15.8 Å². The molecule has 0 aromatic heterocycles. The molecule has 2 saturated carbocycles. The zero-order chi connectivity index (χ0) is 14.8. The highest BCUT2D eigenvalue weighted by Gasteiger charge is 2.59. The Balaban J connectivity index is 1.72. The van der Waals surface area contributed by atoms with Gasteiger partial charge in [-0.05, 0) is 91.9 Å². The minimum absolute atomic E-state index is 0.0998. The van der Waals surface area contributed by atoms with Crippen molar-refractivity contribution in [1.29, 1.82) is 0 Å². The third-order valence-corrected chi connectivity index (χ3v) is 7.27. The minimum atomic E-state index is -0.488. The molecule has 3 aliphatic carbocycles. The van der Waals surface area contributed by atoms with Crippen LogP contribution >= 0.6 is 0 Å². The summed E-state index contributed by atoms with van der Waals surface area (Å²) in [6, 6.07) is 5.96. The van der Waals surface area contributed by atoms with Crippen LogP contribution in [-0.2, 0) is 6.42 Å². The van der Waals surface area contributed by atoms with Gasteiger partial charge in [-0.15, -0.1) is 0 Å². The number of fused-ring (bicyclic) bond motifs is 5. The minimum Gasteiger partial charge on any atom is -0.508 e. The van der Waals surface area contributed by atoms with Crippen LogP contribution in [0, 0.1) is 17.3 Å². The van der Waals surface area contributed by atoms with E-state index in [4.69, 9.17) is 0 Å². The molecule has 0 bridgehead atoms. The lowest BCUT2D eigenvalue weighted by Crippen LogP contribution is -2.49. The fourth-order valence-electron chi connectivity index (χ4n) is 5.81. The summed E-state index contributed by atoms with van der Waals surface area (Å²) in [5.41, 5.74) is 2.43. The number of hydrogen-bond donors (Lipinski definition) is 2. The molecule has 0 spiro atoms. The third-order valence-electron chi connectivity index (χ3n) is 7.27. The zero-order valence-electron chi connectivity index (χ0n) is 13.1. The summed E-state index contributed by atoms with van der Waals surface area (Å²) < 4.78 is 0. The number of rotatable bonds is 0. The number of benzene rings is 1. The molecule has 1 aromatic carbocycles. The van der Waals surface area contributed by atoms with E-state index in [0.29, 0.717) is 17.6 Å². The SMILES string of the molecule is C[C@]1(O)CC[C@@H]2[C@@H]3CCc4cc(O)ccc4[C@H]3CC[C@@]21C. The number of hydrogen-bond acceptors (Lipinski definition) is 2. The quantitative estimate of drug-likeness (QED) is 0.757. The Kier molecular flexibility index (Phi) is 2.76. The fraction of sp³-hybridized carbons (Fsp3) is 0.684. The Morgan fingerprint density at radius 1 is 1.10 bits per heavy atom. The molecule has 21 heavy (non-hydrogen) atoms. The average Bonchev–Trinajstić information content (AvgIpc) is 2.69. The molecule has 0 aliphatic heterocycles. The molecule has 2 N–H and O–H groups in total. The number of phenolic OH excluding ortho intramolecular Hbond substituents is 1. The van der Waals surface area contributed by atoms with Crippen molar-refractivity contribution in [1.82, 2.24) is 0 Å². The second kappa shape index (κ2) is 4.25. The van der Waals surface area contributed by atoms with Crippen molar-refractivity contribution in [3.8, 4) is 5.75 Å². The van der Waals surface area contributed by atoms with Crippen LogP contribution in [0.15, 0.2) is 18.2 Å². The molecule has 2 heteroatoms. The molecule has 1 aromatic rings. The van der Waals surface area contributed by atoms with E-state index >= 15 is 0 Å². The van der Waals surface area contributed by atoms with E-state index in [0.717, 1.165) is 25.2 Å². The molecule has 2 fully saturated rings. The van der Waals surface area contributed by atoms with Crippen LogP contribution in [0.5, 0.6) is 5.75 Å². The largest absolute Gasteiger partial charge is 0.508 e. The Morgan fingerprint density at radius 3 is 2.71 bits per heavy atom. The van der Waals surface area contributed by atoms with Crippen LogP contribution in [0.1, 0.15) is 63.0 Å². The maximum absolute atomic E-state index is 10.8. The molecule has 114 valence electrons. The summed E-state index contributed by atoms with van der Waals surface area (Å²) >= 11 is 0. The molecule has 0 amide bonds. The van der Waals surface area contributed by atoms with Gasteiger partial charge in [-0.1, -0.05) is 13.0 Å². The molecule has 4 rings (SSSR count). The first-order valence-electron chi connectivity index (χ1n) is 8.46. The maximum atomic E-state index is 10.8. The normalized spacial score (nSPS) is 44.8. The average molecular weight is 286 g/mol. The summed E-state index contributed by atoms with van der Waals surface area (Å²) in [6.45, 7) is 4.38. The van der Waals surface area contributed by atoms with Crippen LogP contribution in [0.3, 0.4) is 0 Å². The summed E-state index contributed by atoms with van der Waals surface area (Å²) in [7, 11) is 0. The molecule has 2 nitrogen and oxygen atoms in total. The second-order valence-corrected chi connectivity index (χ2v) is 8.07. The van der Waals surface area contributed by atoms with E-state index in [9.17, 15) is 10.2 Å². The molecular weight excluding hydrogens is 260 g/mol. The van der Waals surface area contributed by atoms with Gasteiger partial charge in [0.05, 0.1) is 5.60 Å². The Labute approximate surface area is 127 Å². The van der Waals surface area contributed by atoms with Crippen LogP contribution in [0.25, 0.3) is 0 Å². The molecule has 5 atom stereocenters. The number of aromatic hydroxyl groups is 1. The van der Waals surface area contributed by atoms with Crippen molar-refractivity contribution >= 4 is 0 Å². The van der Waals surface area contributed by atoms with Gasteiger partial charge in [-0.25, -0.2) is 0 Å². The Hall–Kier alpha value is -1.02. The van der Waals surface area contributed by atoms with Crippen LogP contribution < -0.4 is 0 Å².